The fourth-order valence-corrected chi connectivity index (χ4v) is 3.90. The molecule has 1 aliphatic rings. The van der Waals surface area contributed by atoms with Crippen molar-refractivity contribution in [3.63, 3.8) is 0 Å². The van der Waals surface area contributed by atoms with Crippen LogP contribution in [0.4, 0.5) is 0 Å². The van der Waals surface area contributed by atoms with Gasteiger partial charge >= 0.3 is 0 Å². The molecule has 0 saturated carbocycles. The first-order valence-electron chi connectivity index (χ1n) is 7.55. The number of rotatable bonds is 7. The van der Waals surface area contributed by atoms with Crippen LogP contribution in [0, 0.1) is 0 Å². The maximum Gasteiger partial charge on any atom is 0.282 e. The molecule has 1 saturated heterocycles. The molecular formula is C13H30N4O2S. The summed E-state index contributed by atoms with van der Waals surface area (Å²) < 4.78 is 28.0. The number of unbranched alkanes of at least 4 members (excludes halogenated alkanes) is 1. The lowest BCUT2D eigenvalue weighted by molar-refractivity contribution is 0.278. The third kappa shape index (κ3) is 4.96. The molecule has 120 valence electrons. The van der Waals surface area contributed by atoms with Crippen molar-refractivity contribution >= 4 is 10.2 Å². The minimum Gasteiger partial charge on any atom is -0.330 e. The second-order valence-electron chi connectivity index (χ2n) is 5.71. The molecule has 2 N–H and O–H groups in total. The second-order valence-corrected chi connectivity index (χ2v) is 7.70. The van der Waals surface area contributed by atoms with Crippen LogP contribution in [0.2, 0.25) is 0 Å². The van der Waals surface area contributed by atoms with Crippen LogP contribution in [0.1, 0.15) is 33.1 Å². The van der Waals surface area contributed by atoms with Gasteiger partial charge in [0.25, 0.3) is 10.2 Å². The average Bonchev–Trinajstić information content (AvgIpc) is 2.64. The van der Waals surface area contributed by atoms with Gasteiger partial charge in [0.05, 0.1) is 0 Å². The molecule has 1 heterocycles. The number of nitrogens with zero attached hydrogens (tertiary/aromatic N) is 3. The van der Waals surface area contributed by atoms with E-state index in [1.165, 1.54) is 4.31 Å². The Hall–Kier alpha value is -0.210. The van der Waals surface area contributed by atoms with Gasteiger partial charge in [0, 0.05) is 32.7 Å². The number of hydrogen-bond acceptors (Lipinski definition) is 4. The van der Waals surface area contributed by atoms with Gasteiger partial charge in [0.1, 0.15) is 0 Å². The van der Waals surface area contributed by atoms with Crippen LogP contribution in [0.15, 0.2) is 0 Å². The monoisotopic (exact) mass is 306 g/mol. The van der Waals surface area contributed by atoms with Gasteiger partial charge in [-0.2, -0.15) is 17.0 Å². The van der Waals surface area contributed by atoms with Gasteiger partial charge in [0.2, 0.25) is 0 Å². The van der Waals surface area contributed by atoms with E-state index in [2.05, 4.69) is 4.90 Å². The highest BCUT2D eigenvalue weighted by atomic mass is 32.2. The summed E-state index contributed by atoms with van der Waals surface area (Å²) in [6.45, 7) is 8.54. The first-order chi connectivity index (χ1) is 9.39. The van der Waals surface area contributed by atoms with Crippen molar-refractivity contribution in [2.45, 2.75) is 39.2 Å². The van der Waals surface area contributed by atoms with E-state index < -0.39 is 10.2 Å². The van der Waals surface area contributed by atoms with E-state index in [0.717, 1.165) is 45.4 Å². The Labute approximate surface area is 124 Å². The maximum absolute atomic E-state index is 12.5. The Morgan fingerprint density at radius 3 is 2.45 bits per heavy atom. The van der Waals surface area contributed by atoms with E-state index >= 15 is 0 Å². The van der Waals surface area contributed by atoms with E-state index in [-0.39, 0.29) is 6.04 Å². The van der Waals surface area contributed by atoms with Crippen molar-refractivity contribution in [1.82, 2.24) is 13.5 Å². The van der Waals surface area contributed by atoms with E-state index in [0.29, 0.717) is 13.1 Å². The molecule has 0 bridgehead atoms. The Balaban J connectivity index is 2.55. The summed E-state index contributed by atoms with van der Waals surface area (Å²) in [6, 6.07) is -0.0103. The molecule has 0 unspecified atom stereocenters. The molecule has 1 rings (SSSR count). The van der Waals surface area contributed by atoms with Crippen LogP contribution in [-0.4, -0.2) is 74.3 Å². The van der Waals surface area contributed by atoms with E-state index in [1.807, 2.05) is 13.8 Å². The fraction of sp³-hybridized carbons (Fsp3) is 1.00. The number of hydrogen-bond donors (Lipinski definition) is 1. The third-order valence-corrected chi connectivity index (χ3v) is 6.06. The number of nitrogens with two attached hydrogens (primary N) is 1. The summed E-state index contributed by atoms with van der Waals surface area (Å²) in [4.78, 5) is 2.35. The van der Waals surface area contributed by atoms with Crippen molar-refractivity contribution in [3.8, 4) is 0 Å². The lowest BCUT2D eigenvalue weighted by Gasteiger charge is -2.28. The molecule has 1 fully saturated rings. The summed E-state index contributed by atoms with van der Waals surface area (Å²) >= 11 is 0. The van der Waals surface area contributed by atoms with Crippen molar-refractivity contribution in [2.24, 2.45) is 5.73 Å². The Morgan fingerprint density at radius 2 is 1.85 bits per heavy atom. The van der Waals surface area contributed by atoms with Gasteiger partial charge in [-0.3, -0.25) is 0 Å². The van der Waals surface area contributed by atoms with Crippen molar-refractivity contribution in [1.29, 1.82) is 0 Å². The molecule has 20 heavy (non-hydrogen) atoms. The molecule has 0 aromatic rings. The standard InChI is InChI=1S/C13H30N4O2S/c1-13(2)15(3)20(18,19)17-10-6-9-16(11-12-17)8-5-4-7-14/h13H,4-12,14H2,1-3H3. The molecular weight excluding hydrogens is 276 g/mol. The van der Waals surface area contributed by atoms with Crippen molar-refractivity contribution < 1.29 is 8.42 Å². The lowest BCUT2D eigenvalue weighted by Crippen LogP contribution is -2.46. The van der Waals surface area contributed by atoms with Gasteiger partial charge in [-0.25, -0.2) is 0 Å². The average molecular weight is 306 g/mol. The first kappa shape index (κ1) is 17.8. The smallest absolute Gasteiger partial charge is 0.282 e. The lowest BCUT2D eigenvalue weighted by atomic mass is 10.3. The van der Waals surface area contributed by atoms with Crippen LogP contribution in [0.5, 0.6) is 0 Å². The van der Waals surface area contributed by atoms with Crippen LogP contribution in [-0.2, 0) is 10.2 Å². The molecule has 0 aromatic carbocycles. The molecule has 0 spiro atoms. The highest BCUT2D eigenvalue weighted by molar-refractivity contribution is 7.86. The zero-order chi connectivity index (χ0) is 15.2. The molecule has 0 radical (unpaired) electrons. The second kappa shape index (κ2) is 8.29. The highest BCUT2D eigenvalue weighted by Gasteiger charge is 2.29. The summed E-state index contributed by atoms with van der Waals surface area (Å²) in [5.41, 5.74) is 5.50. The van der Waals surface area contributed by atoms with E-state index in [9.17, 15) is 8.42 Å². The minimum absolute atomic E-state index is 0.0103. The van der Waals surface area contributed by atoms with Gasteiger partial charge in [-0.15, -0.1) is 0 Å². The van der Waals surface area contributed by atoms with Crippen LogP contribution < -0.4 is 5.73 Å². The Bertz CT molecular complexity index is 373. The molecule has 0 atom stereocenters. The summed E-state index contributed by atoms with van der Waals surface area (Å²) in [5, 5.41) is 0. The van der Waals surface area contributed by atoms with E-state index in [1.54, 1.807) is 11.4 Å². The largest absolute Gasteiger partial charge is 0.330 e. The predicted octanol–water partition coefficient (Wildman–Crippen LogP) is 0.318. The van der Waals surface area contributed by atoms with Gasteiger partial charge in [0.15, 0.2) is 0 Å². The predicted molar refractivity (Wildman–Crippen MR) is 82.7 cm³/mol. The van der Waals surface area contributed by atoms with Gasteiger partial charge in [-0.1, -0.05) is 0 Å². The van der Waals surface area contributed by atoms with Crippen molar-refractivity contribution in [2.75, 3.05) is 46.3 Å². The summed E-state index contributed by atoms with van der Waals surface area (Å²) in [6.07, 6.45) is 3.03. The van der Waals surface area contributed by atoms with Crippen LogP contribution in [0.25, 0.3) is 0 Å². The zero-order valence-corrected chi connectivity index (χ0v) is 13.9. The molecule has 0 amide bonds. The summed E-state index contributed by atoms with van der Waals surface area (Å²) in [5.74, 6) is 0. The quantitative estimate of drug-likeness (QED) is 0.688. The topological polar surface area (TPSA) is 69.9 Å². The summed E-state index contributed by atoms with van der Waals surface area (Å²) in [7, 11) is -1.66. The fourth-order valence-electron chi connectivity index (χ4n) is 2.33. The molecule has 0 aliphatic carbocycles. The highest BCUT2D eigenvalue weighted by Crippen LogP contribution is 2.13. The van der Waals surface area contributed by atoms with E-state index in [4.69, 9.17) is 5.73 Å². The Kier molecular flexibility index (Phi) is 7.39. The zero-order valence-electron chi connectivity index (χ0n) is 13.1. The van der Waals surface area contributed by atoms with Crippen LogP contribution in [0.3, 0.4) is 0 Å². The molecule has 7 heteroatoms. The third-order valence-electron chi connectivity index (χ3n) is 3.89. The van der Waals surface area contributed by atoms with Gasteiger partial charge in [-0.05, 0) is 52.7 Å². The molecule has 6 nitrogen and oxygen atoms in total. The SMILES string of the molecule is CC(C)N(C)S(=O)(=O)N1CCCN(CCCCN)CC1. The van der Waals surface area contributed by atoms with Crippen LogP contribution >= 0.6 is 0 Å². The molecule has 1 aliphatic heterocycles. The Morgan fingerprint density at radius 1 is 1.15 bits per heavy atom. The molecule has 0 aromatic heterocycles. The normalized spacial score (nSPS) is 19.7. The first-order valence-corrected chi connectivity index (χ1v) is 8.94. The minimum atomic E-state index is -3.31. The van der Waals surface area contributed by atoms with Crippen molar-refractivity contribution in [3.05, 3.63) is 0 Å². The van der Waals surface area contributed by atoms with Gasteiger partial charge < -0.3 is 10.6 Å². The maximum atomic E-state index is 12.5.